The molecule has 1 fully saturated rings. The monoisotopic (exact) mass is 280 g/mol. The maximum Gasteiger partial charge on any atom is 0.222 e. The van der Waals surface area contributed by atoms with Crippen molar-refractivity contribution in [1.82, 2.24) is 14.6 Å². The number of aromatic nitrogens is 3. The van der Waals surface area contributed by atoms with Crippen LogP contribution in [-0.2, 0) is 4.74 Å². The van der Waals surface area contributed by atoms with Crippen molar-refractivity contribution in [3.63, 3.8) is 0 Å². The fraction of sp³-hybridized carbons (Fsp3) is 0.250. The minimum absolute atomic E-state index is 0.395. The summed E-state index contributed by atoms with van der Waals surface area (Å²) in [6.45, 7) is 2.63. The van der Waals surface area contributed by atoms with E-state index in [1.54, 1.807) is 4.52 Å². The summed E-state index contributed by atoms with van der Waals surface area (Å²) in [5.74, 6) is 1.30. The lowest BCUT2D eigenvalue weighted by Crippen LogP contribution is -2.02. The van der Waals surface area contributed by atoms with E-state index < -0.39 is 0 Å². The van der Waals surface area contributed by atoms with Crippen molar-refractivity contribution in [3.05, 3.63) is 41.6 Å². The summed E-state index contributed by atoms with van der Waals surface area (Å²) in [6.07, 6.45) is 2.19. The lowest BCUT2D eigenvalue weighted by Gasteiger charge is -2.04. The van der Waals surface area contributed by atoms with Crippen LogP contribution < -0.4 is 5.73 Å². The molecule has 2 heterocycles. The van der Waals surface area contributed by atoms with Gasteiger partial charge in [0, 0.05) is 5.39 Å². The molecule has 2 N–H and O–H groups in total. The van der Waals surface area contributed by atoms with E-state index in [0.717, 1.165) is 40.7 Å². The summed E-state index contributed by atoms with van der Waals surface area (Å²) in [4.78, 5) is 4.40. The fourth-order valence-electron chi connectivity index (χ4n) is 2.61. The second-order valence-corrected chi connectivity index (χ2v) is 5.18. The van der Waals surface area contributed by atoms with Gasteiger partial charge in [-0.25, -0.2) is 4.98 Å². The Balaban J connectivity index is 1.99. The molecule has 0 unspecified atom stereocenters. The zero-order chi connectivity index (χ0) is 14.4. The van der Waals surface area contributed by atoms with Crippen molar-refractivity contribution >= 4 is 28.1 Å². The molecule has 5 heteroatoms. The third-order valence-electron chi connectivity index (χ3n) is 3.68. The summed E-state index contributed by atoms with van der Waals surface area (Å²) in [6, 6.07) is 9.99. The maximum atomic E-state index is 6.03. The Morgan fingerprint density at radius 1 is 1.33 bits per heavy atom. The van der Waals surface area contributed by atoms with Crippen molar-refractivity contribution in [1.29, 1.82) is 0 Å². The first kappa shape index (κ1) is 12.2. The van der Waals surface area contributed by atoms with Crippen molar-refractivity contribution < 1.29 is 4.74 Å². The van der Waals surface area contributed by atoms with E-state index >= 15 is 0 Å². The summed E-state index contributed by atoms with van der Waals surface area (Å²) in [5.41, 5.74) is 10.1. The molecule has 2 aromatic heterocycles. The smallest absolute Gasteiger partial charge is 0.222 e. The highest BCUT2D eigenvalue weighted by molar-refractivity contribution is 5.95. The Morgan fingerprint density at radius 2 is 2.14 bits per heavy atom. The van der Waals surface area contributed by atoms with Gasteiger partial charge in [-0.15, -0.1) is 0 Å². The second-order valence-electron chi connectivity index (χ2n) is 5.18. The number of allylic oxidation sites excluding steroid dienone is 1. The third kappa shape index (κ3) is 1.93. The fourth-order valence-corrected chi connectivity index (χ4v) is 2.61. The number of nitrogens with two attached hydrogens (primary N) is 1. The highest BCUT2D eigenvalue weighted by Crippen LogP contribution is 2.37. The number of rotatable bonds is 3. The number of nitrogens with zero attached hydrogens (tertiary/aromatic N) is 3. The van der Waals surface area contributed by atoms with Crippen LogP contribution in [0.5, 0.6) is 0 Å². The average Bonchev–Trinajstić information content (AvgIpc) is 3.22. The number of para-hydroxylation sites is 1. The SMILES string of the molecule is CCOC(=C1CC1)c1cc2c3ccccc3nc(N)n2n1. The molecule has 1 aromatic carbocycles. The largest absolute Gasteiger partial charge is 0.492 e. The van der Waals surface area contributed by atoms with Gasteiger partial charge in [-0.3, -0.25) is 0 Å². The summed E-state index contributed by atoms with van der Waals surface area (Å²) >= 11 is 0. The molecule has 0 atom stereocenters. The van der Waals surface area contributed by atoms with Crippen molar-refractivity contribution in [2.24, 2.45) is 0 Å². The third-order valence-corrected chi connectivity index (χ3v) is 3.68. The number of nitrogen functional groups attached to an aromatic ring is 1. The molecule has 3 aromatic rings. The summed E-state index contributed by atoms with van der Waals surface area (Å²) < 4.78 is 7.47. The number of fused-ring (bicyclic) bond motifs is 3. The van der Waals surface area contributed by atoms with E-state index in [2.05, 4.69) is 10.1 Å². The topological polar surface area (TPSA) is 65.4 Å². The van der Waals surface area contributed by atoms with Crippen LogP contribution in [0.15, 0.2) is 35.9 Å². The molecule has 0 aliphatic heterocycles. The average molecular weight is 280 g/mol. The highest BCUT2D eigenvalue weighted by Gasteiger charge is 2.23. The highest BCUT2D eigenvalue weighted by atomic mass is 16.5. The van der Waals surface area contributed by atoms with Gasteiger partial charge in [-0.05, 0) is 37.5 Å². The summed E-state index contributed by atoms with van der Waals surface area (Å²) in [7, 11) is 0. The van der Waals surface area contributed by atoms with Gasteiger partial charge in [-0.1, -0.05) is 18.2 Å². The van der Waals surface area contributed by atoms with Gasteiger partial charge in [0.25, 0.3) is 0 Å². The molecule has 1 saturated carbocycles. The molecule has 4 rings (SSSR count). The molecule has 0 amide bonds. The zero-order valence-corrected chi connectivity index (χ0v) is 11.8. The molecule has 1 aliphatic rings. The summed E-state index contributed by atoms with van der Waals surface area (Å²) in [5, 5.41) is 5.63. The Bertz CT molecular complexity index is 872. The molecule has 0 radical (unpaired) electrons. The van der Waals surface area contributed by atoms with E-state index in [9.17, 15) is 0 Å². The Hall–Kier alpha value is -2.56. The van der Waals surface area contributed by atoms with Crippen LogP contribution in [0.3, 0.4) is 0 Å². The minimum Gasteiger partial charge on any atom is -0.492 e. The Labute approximate surface area is 122 Å². The van der Waals surface area contributed by atoms with E-state index in [0.29, 0.717) is 12.6 Å². The lowest BCUT2D eigenvalue weighted by molar-refractivity contribution is 0.295. The molecule has 0 spiro atoms. The second kappa shape index (κ2) is 4.48. The van der Waals surface area contributed by atoms with Crippen LogP contribution in [0.2, 0.25) is 0 Å². The van der Waals surface area contributed by atoms with Gasteiger partial charge < -0.3 is 10.5 Å². The van der Waals surface area contributed by atoms with Crippen molar-refractivity contribution in [2.75, 3.05) is 12.3 Å². The van der Waals surface area contributed by atoms with Gasteiger partial charge in [0.05, 0.1) is 17.6 Å². The van der Waals surface area contributed by atoms with Crippen LogP contribution in [0.4, 0.5) is 5.95 Å². The first-order valence-electron chi connectivity index (χ1n) is 7.17. The molecule has 0 bridgehead atoms. The van der Waals surface area contributed by atoms with Crippen LogP contribution in [0, 0.1) is 0 Å². The van der Waals surface area contributed by atoms with Gasteiger partial charge >= 0.3 is 0 Å². The van der Waals surface area contributed by atoms with Gasteiger partial charge in [-0.2, -0.15) is 9.61 Å². The molecular formula is C16H16N4O. The predicted molar refractivity (Wildman–Crippen MR) is 82.7 cm³/mol. The lowest BCUT2D eigenvalue weighted by atomic mass is 10.2. The van der Waals surface area contributed by atoms with Gasteiger partial charge in [0.2, 0.25) is 5.95 Å². The number of hydrogen-bond acceptors (Lipinski definition) is 4. The standard InChI is InChI=1S/C16H16N4O/c1-2-21-15(10-7-8-10)13-9-14-11-5-3-4-6-12(11)18-16(17)20(14)19-13/h3-6,9H,2,7-8H2,1H3,(H2,17,18). The first-order valence-corrected chi connectivity index (χ1v) is 7.17. The van der Waals surface area contributed by atoms with Crippen molar-refractivity contribution in [3.8, 4) is 0 Å². The number of hydrogen-bond donors (Lipinski definition) is 1. The van der Waals surface area contributed by atoms with E-state index in [-0.39, 0.29) is 0 Å². The van der Waals surface area contributed by atoms with Crippen LogP contribution in [0.25, 0.3) is 22.2 Å². The predicted octanol–water partition coefficient (Wildman–Crippen LogP) is 3.01. The number of benzene rings is 1. The molecule has 21 heavy (non-hydrogen) atoms. The zero-order valence-electron chi connectivity index (χ0n) is 11.8. The molecular weight excluding hydrogens is 264 g/mol. The Kier molecular flexibility index (Phi) is 2.60. The van der Waals surface area contributed by atoms with Gasteiger partial charge in [0.1, 0.15) is 11.5 Å². The van der Waals surface area contributed by atoms with Crippen molar-refractivity contribution in [2.45, 2.75) is 19.8 Å². The van der Waals surface area contributed by atoms with E-state index in [1.807, 2.05) is 37.3 Å². The molecule has 1 aliphatic carbocycles. The normalized spacial score (nSPS) is 13.9. The number of ether oxygens (including phenoxy) is 1. The minimum atomic E-state index is 0.395. The quantitative estimate of drug-likeness (QED) is 0.749. The molecule has 5 nitrogen and oxygen atoms in total. The first-order chi connectivity index (χ1) is 10.3. The van der Waals surface area contributed by atoms with Crippen LogP contribution in [-0.4, -0.2) is 21.2 Å². The van der Waals surface area contributed by atoms with Crippen LogP contribution >= 0.6 is 0 Å². The maximum absolute atomic E-state index is 6.03. The Morgan fingerprint density at radius 3 is 2.90 bits per heavy atom. The van der Waals surface area contributed by atoms with E-state index in [1.165, 1.54) is 5.57 Å². The molecule has 0 saturated heterocycles. The number of anilines is 1. The van der Waals surface area contributed by atoms with E-state index in [4.69, 9.17) is 10.5 Å². The van der Waals surface area contributed by atoms with Gasteiger partial charge in [0.15, 0.2) is 0 Å². The van der Waals surface area contributed by atoms with Crippen LogP contribution in [0.1, 0.15) is 25.5 Å². The molecule has 106 valence electrons.